The van der Waals surface area contributed by atoms with Gasteiger partial charge in [-0.15, -0.1) is 0 Å². The van der Waals surface area contributed by atoms with Crippen molar-refractivity contribution >= 4 is 23.8 Å². The first-order valence-electron chi connectivity index (χ1n) is 2.90. The van der Waals surface area contributed by atoms with Crippen molar-refractivity contribution in [1.82, 2.24) is 10.0 Å². The van der Waals surface area contributed by atoms with Crippen LogP contribution in [0, 0.1) is 0 Å². The molecular formula is C5H8N2O2S. The van der Waals surface area contributed by atoms with E-state index in [1.54, 1.807) is 0 Å². The van der Waals surface area contributed by atoms with Gasteiger partial charge in [0.05, 0.1) is 6.42 Å². The number of hydrogen-bond donors (Lipinski definition) is 2. The number of carbonyl (C=O) groups excluding carboxylic acids is 2. The fraction of sp³-hybridized carbons (Fsp3) is 0.600. The highest BCUT2D eigenvalue weighted by Crippen LogP contribution is 2.14. The van der Waals surface area contributed by atoms with Gasteiger partial charge in [-0.05, 0) is 11.9 Å². The van der Waals surface area contributed by atoms with Gasteiger partial charge in [0.25, 0.3) is 0 Å². The Morgan fingerprint density at radius 2 is 2.60 bits per heavy atom. The van der Waals surface area contributed by atoms with Crippen molar-refractivity contribution in [3.05, 3.63) is 0 Å². The summed E-state index contributed by atoms with van der Waals surface area (Å²) in [5.74, 6) is -0.127. The molecule has 1 aliphatic heterocycles. The van der Waals surface area contributed by atoms with E-state index >= 15 is 0 Å². The van der Waals surface area contributed by atoms with E-state index in [0.29, 0.717) is 6.42 Å². The Bertz CT molecular complexity index is 171. The maximum Gasteiger partial charge on any atom is 0.232 e. The monoisotopic (exact) mass is 160 g/mol. The molecule has 0 aromatic carbocycles. The molecule has 0 aromatic heterocycles. The molecule has 0 radical (unpaired) electrons. The first kappa shape index (κ1) is 7.40. The fourth-order valence-corrected chi connectivity index (χ4v) is 1.51. The molecule has 1 saturated heterocycles. The number of amides is 2. The zero-order valence-corrected chi connectivity index (χ0v) is 6.33. The highest BCUT2D eigenvalue weighted by Gasteiger charge is 2.22. The topological polar surface area (TPSA) is 58.2 Å². The van der Waals surface area contributed by atoms with Crippen LogP contribution >= 0.6 is 11.9 Å². The normalized spacial score (nSPS) is 24.1. The number of rotatable bonds is 1. The lowest BCUT2D eigenvalue weighted by Gasteiger charge is -2.04. The number of hydrogen-bond acceptors (Lipinski definition) is 3. The van der Waals surface area contributed by atoms with Crippen LogP contribution in [0.15, 0.2) is 0 Å². The van der Waals surface area contributed by atoms with Crippen LogP contribution in [-0.2, 0) is 9.59 Å². The molecule has 1 unspecified atom stereocenters. The van der Waals surface area contributed by atoms with Gasteiger partial charge in [0, 0.05) is 6.92 Å². The van der Waals surface area contributed by atoms with Crippen molar-refractivity contribution in [3.63, 3.8) is 0 Å². The number of nitrogens with one attached hydrogen (secondary N) is 2. The van der Waals surface area contributed by atoms with Crippen LogP contribution in [0.5, 0.6) is 0 Å². The van der Waals surface area contributed by atoms with Crippen LogP contribution in [0.2, 0.25) is 0 Å². The zero-order valence-electron chi connectivity index (χ0n) is 5.51. The molecule has 2 N–H and O–H groups in total. The zero-order chi connectivity index (χ0) is 7.56. The summed E-state index contributed by atoms with van der Waals surface area (Å²) in [6, 6.07) is 0. The molecule has 0 bridgehead atoms. The summed E-state index contributed by atoms with van der Waals surface area (Å²) in [7, 11) is 0. The third-order valence-corrected chi connectivity index (χ3v) is 1.96. The summed E-state index contributed by atoms with van der Waals surface area (Å²) in [4.78, 5) is 21.0. The molecule has 1 rings (SSSR count). The molecule has 1 fully saturated rings. The van der Waals surface area contributed by atoms with Gasteiger partial charge >= 0.3 is 0 Å². The Balaban J connectivity index is 2.31. The molecule has 0 spiro atoms. The molecule has 56 valence electrons. The van der Waals surface area contributed by atoms with Crippen molar-refractivity contribution in [2.45, 2.75) is 18.7 Å². The minimum absolute atomic E-state index is 0.0243. The lowest BCUT2D eigenvalue weighted by molar-refractivity contribution is -0.119. The Kier molecular flexibility index (Phi) is 2.16. The third-order valence-electron chi connectivity index (χ3n) is 1.05. The van der Waals surface area contributed by atoms with E-state index in [1.165, 1.54) is 18.9 Å². The SMILES string of the molecule is CC(=O)NC1CC(=O)NS1. The van der Waals surface area contributed by atoms with Crippen molar-refractivity contribution < 1.29 is 9.59 Å². The van der Waals surface area contributed by atoms with Crippen LogP contribution in [0.4, 0.5) is 0 Å². The van der Waals surface area contributed by atoms with Crippen molar-refractivity contribution in [1.29, 1.82) is 0 Å². The first-order chi connectivity index (χ1) is 4.68. The van der Waals surface area contributed by atoms with Crippen LogP contribution < -0.4 is 10.0 Å². The summed E-state index contributed by atoms with van der Waals surface area (Å²) in [6.07, 6.45) is 0.379. The summed E-state index contributed by atoms with van der Waals surface area (Å²) in [5.41, 5.74) is 0. The maximum absolute atomic E-state index is 10.6. The molecule has 1 atom stereocenters. The van der Waals surface area contributed by atoms with Gasteiger partial charge in [-0.1, -0.05) is 0 Å². The van der Waals surface area contributed by atoms with E-state index < -0.39 is 0 Å². The molecule has 0 aromatic rings. The molecule has 1 heterocycles. The smallest absolute Gasteiger partial charge is 0.232 e. The lowest BCUT2D eigenvalue weighted by atomic mass is 10.4. The van der Waals surface area contributed by atoms with E-state index in [4.69, 9.17) is 0 Å². The molecule has 4 nitrogen and oxygen atoms in total. The predicted molar refractivity (Wildman–Crippen MR) is 38.0 cm³/mol. The second-order valence-corrected chi connectivity index (χ2v) is 3.05. The minimum atomic E-state index is -0.103. The van der Waals surface area contributed by atoms with Crippen LogP contribution in [-0.4, -0.2) is 17.2 Å². The lowest BCUT2D eigenvalue weighted by Crippen LogP contribution is -2.28. The Morgan fingerprint density at radius 1 is 1.90 bits per heavy atom. The van der Waals surface area contributed by atoms with Gasteiger partial charge in [-0.2, -0.15) is 0 Å². The maximum atomic E-state index is 10.6. The fourth-order valence-electron chi connectivity index (χ4n) is 0.696. The average molecular weight is 160 g/mol. The summed E-state index contributed by atoms with van der Waals surface area (Å²) < 4.78 is 2.54. The molecular weight excluding hydrogens is 152 g/mol. The highest BCUT2D eigenvalue weighted by atomic mass is 32.2. The van der Waals surface area contributed by atoms with E-state index in [1.807, 2.05) is 0 Å². The molecule has 1 aliphatic rings. The first-order valence-corrected chi connectivity index (χ1v) is 3.78. The Labute approximate surface area is 62.9 Å². The largest absolute Gasteiger partial charge is 0.342 e. The predicted octanol–water partition coefficient (Wildman–Crippen LogP) is -0.383. The second kappa shape index (κ2) is 2.92. The van der Waals surface area contributed by atoms with Crippen LogP contribution in [0.3, 0.4) is 0 Å². The van der Waals surface area contributed by atoms with Gasteiger partial charge in [-0.3, -0.25) is 14.3 Å². The Hall–Kier alpha value is -0.710. The van der Waals surface area contributed by atoms with E-state index in [2.05, 4.69) is 10.0 Å². The van der Waals surface area contributed by atoms with Crippen LogP contribution in [0.1, 0.15) is 13.3 Å². The van der Waals surface area contributed by atoms with Gasteiger partial charge in [-0.25, -0.2) is 0 Å². The Morgan fingerprint density at radius 3 is 3.00 bits per heavy atom. The molecule has 0 aliphatic carbocycles. The second-order valence-electron chi connectivity index (χ2n) is 2.04. The number of carbonyl (C=O) groups is 2. The van der Waals surface area contributed by atoms with E-state index in [0.717, 1.165) is 0 Å². The molecule has 2 amide bonds. The summed E-state index contributed by atoms with van der Waals surface area (Å²) >= 11 is 1.25. The van der Waals surface area contributed by atoms with E-state index in [9.17, 15) is 9.59 Å². The minimum Gasteiger partial charge on any atom is -0.342 e. The molecule has 10 heavy (non-hydrogen) atoms. The van der Waals surface area contributed by atoms with Gasteiger partial charge in [0.1, 0.15) is 5.37 Å². The van der Waals surface area contributed by atoms with Crippen molar-refractivity contribution in [2.24, 2.45) is 0 Å². The standard InChI is InChI=1S/C5H8N2O2S/c1-3(8)6-5-2-4(9)7-10-5/h5H,2H2,1H3,(H,6,8)(H,7,9). The van der Waals surface area contributed by atoms with E-state index in [-0.39, 0.29) is 17.2 Å². The molecule has 5 heteroatoms. The van der Waals surface area contributed by atoms with Crippen molar-refractivity contribution in [3.8, 4) is 0 Å². The summed E-state index contributed by atoms with van der Waals surface area (Å²) in [6.45, 7) is 1.43. The molecule has 0 saturated carbocycles. The van der Waals surface area contributed by atoms with Gasteiger partial charge < -0.3 is 5.32 Å². The van der Waals surface area contributed by atoms with Gasteiger partial charge in [0.2, 0.25) is 11.8 Å². The van der Waals surface area contributed by atoms with Crippen molar-refractivity contribution in [2.75, 3.05) is 0 Å². The third kappa shape index (κ3) is 1.91. The van der Waals surface area contributed by atoms with Gasteiger partial charge in [0.15, 0.2) is 0 Å². The summed E-state index contributed by atoms with van der Waals surface area (Å²) in [5, 5.41) is 2.53. The quantitative estimate of drug-likeness (QED) is 0.514. The average Bonchev–Trinajstić information content (AvgIpc) is 2.13. The highest BCUT2D eigenvalue weighted by molar-refractivity contribution is 7.99. The van der Waals surface area contributed by atoms with Crippen LogP contribution in [0.25, 0.3) is 0 Å².